The number of hydrogen-bond acceptors (Lipinski definition) is 5. The highest BCUT2D eigenvalue weighted by molar-refractivity contribution is 7.88. The van der Waals surface area contributed by atoms with Crippen molar-refractivity contribution in [3.05, 3.63) is 59.7 Å². The molecule has 2 aromatic rings. The van der Waals surface area contributed by atoms with E-state index < -0.39 is 16.1 Å². The number of rotatable bonds is 8. The summed E-state index contributed by atoms with van der Waals surface area (Å²) in [7, 11) is -2.00. The third-order valence-corrected chi connectivity index (χ3v) is 4.53. The van der Waals surface area contributed by atoms with E-state index in [0.717, 1.165) is 6.26 Å². The molecule has 144 valence electrons. The number of Topliss-reactive ketones (excluding diaryl/α,β-unsaturated/α-hetero) is 1. The van der Waals surface area contributed by atoms with Gasteiger partial charge in [-0.3, -0.25) is 9.59 Å². The zero-order valence-electron chi connectivity index (χ0n) is 15.4. The summed E-state index contributed by atoms with van der Waals surface area (Å²) in [5.74, 6) is 0.135. The lowest BCUT2D eigenvalue weighted by molar-refractivity contribution is -0.116. The van der Waals surface area contributed by atoms with Gasteiger partial charge in [-0.25, -0.2) is 13.1 Å². The van der Waals surface area contributed by atoms with Crippen LogP contribution in [-0.2, 0) is 14.8 Å². The second-order valence-corrected chi connectivity index (χ2v) is 7.89. The Bertz CT molecular complexity index is 923. The van der Waals surface area contributed by atoms with Gasteiger partial charge in [-0.05, 0) is 36.8 Å². The van der Waals surface area contributed by atoms with Crippen molar-refractivity contribution < 1.29 is 22.7 Å². The number of carbonyl (C=O) groups is 2. The van der Waals surface area contributed by atoms with Crippen LogP contribution < -0.4 is 14.8 Å². The number of hydrogen-bond donors (Lipinski definition) is 2. The molecule has 0 aliphatic carbocycles. The van der Waals surface area contributed by atoms with E-state index in [2.05, 4.69) is 10.0 Å². The fourth-order valence-corrected chi connectivity index (χ4v) is 3.27. The highest BCUT2D eigenvalue weighted by atomic mass is 32.2. The van der Waals surface area contributed by atoms with Gasteiger partial charge in [0, 0.05) is 17.7 Å². The Balaban J connectivity index is 2.17. The number of amides is 1. The fourth-order valence-electron chi connectivity index (χ4n) is 2.54. The molecular formula is C19H22N2O5S. The van der Waals surface area contributed by atoms with Gasteiger partial charge in [0.25, 0.3) is 0 Å². The van der Waals surface area contributed by atoms with Gasteiger partial charge >= 0.3 is 0 Å². The average Bonchev–Trinajstić information content (AvgIpc) is 2.60. The molecule has 0 spiro atoms. The van der Waals surface area contributed by atoms with E-state index in [1.807, 2.05) is 0 Å². The molecule has 0 bridgehead atoms. The molecule has 27 heavy (non-hydrogen) atoms. The fraction of sp³-hybridized carbons (Fsp3) is 0.263. The van der Waals surface area contributed by atoms with Gasteiger partial charge in [-0.1, -0.05) is 24.3 Å². The molecule has 0 aliphatic heterocycles. The molecule has 0 saturated heterocycles. The summed E-state index contributed by atoms with van der Waals surface area (Å²) in [6.45, 7) is 1.44. The molecule has 2 aromatic carbocycles. The number of nitrogens with one attached hydrogen (secondary N) is 2. The molecule has 0 fully saturated rings. The van der Waals surface area contributed by atoms with Crippen LogP contribution in [-0.4, -0.2) is 33.5 Å². The molecule has 2 N–H and O–H groups in total. The Morgan fingerprint density at radius 1 is 1.11 bits per heavy atom. The van der Waals surface area contributed by atoms with Crippen molar-refractivity contribution >= 4 is 27.4 Å². The number of ketones is 1. The van der Waals surface area contributed by atoms with E-state index in [1.165, 1.54) is 14.0 Å². The second-order valence-electron chi connectivity index (χ2n) is 6.11. The molecule has 0 radical (unpaired) electrons. The smallest absolute Gasteiger partial charge is 0.226 e. The summed E-state index contributed by atoms with van der Waals surface area (Å²) in [4.78, 5) is 23.9. The van der Waals surface area contributed by atoms with Gasteiger partial charge in [0.05, 0.1) is 19.4 Å². The highest BCUT2D eigenvalue weighted by Crippen LogP contribution is 2.22. The maximum atomic E-state index is 12.4. The highest BCUT2D eigenvalue weighted by Gasteiger charge is 2.20. The topological polar surface area (TPSA) is 102 Å². The largest absolute Gasteiger partial charge is 0.497 e. The summed E-state index contributed by atoms with van der Waals surface area (Å²) in [6, 6.07) is 12.6. The van der Waals surface area contributed by atoms with Crippen molar-refractivity contribution in [1.29, 1.82) is 0 Å². The Labute approximate surface area is 158 Å². The third kappa shape index (κ3) is 6.50. The van der Waals surface area contributed by atoms with Gasteiger partial charge in [-0.15, -0.1) is 0 Å². The standard InChI is InChI=1S/C19H22N2O5S/c1-13(22)15-5-4-6-16(11-15)20-19(23)12-18(21-27(3,24)25)14-7-9-17(26-2)10-8-14/h4-11,18,21H,12H2,1-3H3,(H,20,23). The molecule has 2 rings (SSSR count). The van der Waals surface area contributed by atoms with Crippen LogP contribution in [0, 0.1) is 0 Å². The third-order valence-electron chi connectivity index (χ3n) is 3.82. The zero-order valence-corrected chi connectivity index (χ0v) is 16.2. The van der Waals surface area contributed by atoms with E-state index in [0.29, 0.717) is 22.6 Å². The molecule has 8 heteroatoms. The van der Waals surface area contributed by atoms with Crippen LogP contribution in [0.5, 0.6) is 5.75 Å². The van der Waals surface area contributed by atoms with E-state index in [-0.39, 0.29) is 18.1 Å². The van der Waals surface area contributed by atoms with Crippen LogP contribution in [0.4, 0.5) is 5.69 Å². The lowest BCUT2D eigenvalue weighted by atomic mass is 10.0. The molecule has 0 heterocycles. The number of carbonyl (C=O) groups excluding carboxylic acids is 2. The van der Waals surface area contributed by atoms with Crippen molar-refractivity contribution in [2.24, 2.45) is 0 Å². The van der Waals surface area contributed by atoms with Crippen LogP contribution in [0.3, 0.4) is 0 Å². The van der Waals surface area contributed by atoms with Crippen LogP contribution >= 0.6 is 0 Å². The van der Waals surface area contributed by atoms with E-state index in [4.69, 9.17) is 4.74 Å². The minimum Gasteiger partial charge on any atom is -0.497 e. The first-order chi connectivity index (χ1) is 12.7. The Hall–Kier alpha value is -2.71. The van der Waals surface area contributed by atoms with Crippen molar-refractivity contribution in [3.63, 3.8) is 0 Å². The van der Waals surface area contributed by atoms with E-state index in [9.17, 15) is 18.0 Å². The normalized spacial score (nSPS) is 12.3. The minimum absolute atomic E-state index is 0.107. The Morgan fingerprint density at radius 3 is 2.33 bits per heavy atom. The molecular weight excluding hydrogens is 368 g/mol. The summed E-state index contributed by atoms with van der Waals surface area (Å²) < 4.78 is 31.0. The lowest BCUT2D eigenvalue weighted by Crippen LogP contribution is -2.30. The van der Waals surface area contributed by atoms with E-state index >= 15 is 0 Å². The first kappa shape index (κ1) is 20.6. The van der Waals surface area contributed by atoms with Gasteiger partial charge in [0.1, 0.15) is 5.75 Å². The van der Waals surface area contributed by atoms with Crippen molar-refractivity contribution in [2.75, 3.05) is 18.7 Å². The zero-order chi connectivity index (χ0) is 20.0. The second kappa shape index (κ2) is 8.79. The SMILES string of the molecule is COc1ccc(C(CC(=O)Nc2cccc(C(C)=O)c2)NS(C)(=O)=O)cc1. The maximum Gasteiger partial charge on any atom is 0.226 e. The molecule has 1 unspecified atom stereocenters. The molecule has 1 amide bonds. The molecule has 0 aromatic heterocycles. The maximum absolute atomic E-state index is 12.4. The van der Waals surface area contributed by atoms with Crippen molar-refractivity contribution in [1.82, 2.24) is 4.72 Å². The molecule has 7 nitrogen and oxygen atoms in total. The summed E-state index contributed by atoms with van der Waals surface area (Å²) >= 11 is 0. The number of anilines is 1. The van der Waals surface area contributed by atoms with Crippen LogP contribution in [0.15, 0.2) is 48.5 Å². The summed E-state index contributed by atoms with van der Waals surface area (Å²) in [5, 5.41) is 2.70. The quantitative estimate of drug-likeness (QED) is 0.675. The predicted molar refractivity (Wildman–Crippen MR) is 103 cm³/mol. The van der Waals surface area contributed by atoms with Crippen LogP contribution in [0.2, 0.25) is 0 Å². The van der Waals surface area contributed by atoms with Crippen molar-refractivity contribution in [2.45, 2.75) is 19.4 Å². The van der Waals surface area contributed by atoms with Crippen LogP contribution in [0.1, 0.15) is 35.3 Å². The van der Waals surface area contributed by atoms with Gasteiger partial charge < -0.3 is 10.1 Å². The van der Waals surface area contributed by atoms with Gasteiger partial charge in [0.15, 0.2) is 5.78 Å². The molecule has 1 atom stereocenters. The first-order valence-electron chi connectivity index (χ1n) is 8.20. The average molecular weight is 390 g/mol. The van der Waals surface area contributed by atoms with Gasteiger partial charge in [0.2, 0.25) is 15.9 Å². The number of ether oxygens (including phenoxy) is 1. The number of sulfonamides is 1. The summed E-state index contributed by atoms with van der Waals surface area (Å²) in [5.41, 5.74) is 1.59. The monoisotopic (exact) mass is 390 g/mol. The minimum atomic E-state index is -3.53. The summed E-state index contributed by atoms with van der Waals surface area (Å²) in [6.07, 6.45) is 0.932. The lowest BCUT2D eigenvalue weighted by Gasteiger charge is -2.18. The van der Waals surface area contributed by atoms with Crippen molar-refractivity contribution in [3.8, 4) is 5.75 Å². The number of benzene rings is 2. The number of methoxy groups -OCH3 is 1. The van der Waals surface area contributed by atoms with E-state index in [1.54, 1.807) is 48.5 Å². The Morgan fingerprint density at radius 2 is 1.78 bits per heavy atom. The first-order valence-corrected chi connectivity index (χ1v) is 10.1. The predicted octanol–water partition coefficient (Wildman–Crippen LogP) is 2.52. The molecule has 0 saturated carbocycles. The molecule has 0 aliphatic rings. The van der Waals surface area contributed by atoms with Crippen LogP contribution in [0.25, 0.3) is 0 Å². The van der Waals surface area contributed by atoms with Gasteiger partial charge in [-0.2, -0.15) is 0 Å². The Kier molecular flexibility index (Phi) is 6.70.